The fraction of sp³-hybridized carbons (Fsp3) is 0.250. The van der Waals surface area contributed by atoms with Crippen LogP contribution in [0.3, 0.4) is 0 Å². The fourth-order valence-corrected chi connectivity index (χ4v) is 0. The van der Waals surface area contributed by atoms with Gasteiger partial charge >= 0.3 is 67.5 Å². The van der Waals surface area contributed by atoms with Crippen molar-refractivity contribution in [1.29, 1.82) is 0 Å². The number of hydrogen-bond donors (Lipinski definition) is 0. The Labute approximate surface area is 66.6 Å². The van der Waals surface area contributed by atoms with Crippen LogP contribution in [0.15, 0.2) is 12.2 Å². The molecule has 0 radical (unpaired) electrons. The van der Waals surface area contributed by atoms with E-state index in [1.54, 1.807) is 6.92 Å². The molecule has 0 spiro atoms. The topological polar surface area (TPSA) is 17.1 Å². The van der Waals surface area contributed by atoms with Crippen LogP contribution in [0.1, 0.15) is 6.92 Å². The zero-order chi connectivity index (χ0) is 5.15. The molecule has 0 atom stereocenters. The number of allylic oxidation sites excluding steroid dienone is 1. The first-order valence-corrected chi connectivity index (χ1v) is 5.92. The molecule has 0 bridgehead atoms. The zero-order valence-corrected chi connectivity index (χ0v) is 12.3. The maximum atomic E-state index is 10.1. The SMILES string of the molecule is C=C(C)[C](=O)[RaH]. The Hall–Kier alpha value is 0.878. The van der Waals surface area contributed by atoms with Gasteiger partial charge in [-0.15, -0.1) is 0 Å². The molecule has 1 nitrogen and oxygen atoms in total. The summed E-state index contributed by atoms with van der Waals surface area (Å²) in [7, 11) is 0. The normalized spacial score (nSPS) is 7.33. The summed E-state index contributed by atoms with van der Waals surface area (Å²) in [6.07, 6.45) is 0. The van der Waals surface area contributed by atoms with Crippen molar-refractivity contribution in [3.63, 3.8) is 0 Å². The van der Waals surface area contributed by atoms with Crippen LogP contribution in [-0.2, 0) is 4.79 Å². The van der Waals surface area contributed by atoms with Crippen LogP contribution in [0.5, 0.6) is 0 Å². The fourth-order valence-electron chi connectivity index (χ4n) is 0. The third-order valence-corrected chi connectivity index (χ3v) is 4.11. The molecule has 0 fully saturated rings. The molecule has 0 rings (SSSR count). The van der Waals surface area contributed by atoms with Gasteiger partial charge in [-0.25, -0.2) is 0 Å². The third-order valence-electron chi connectivity index (χ3n) is 0.601. The zero-order valence-electron chi connectivity index (χ0n) is 4.12. The van der Waals surface area contributed by atoms with E-state index in [1.165, 1.54) is 0 Å². The van der Waals surface area contributed by atoms with E-state index >= 15 is 0 Å². The molecular formula is C4H6ORa. The Balaban J connectivity index is 3.57. The molecule has 6 heavy (non-hydrogen) atoms. The molecular weight excluding hydrogens is 290 g/mol. The number of rotatable bonds is 1. The molecule has 0 saturated heterocycles. The van der Waals surface area contributed by atoms with Crippen molar-refractivity contribution >= 4 is 0.824 Å². The second-order valence-corrected chi connectivity index (χ2v) is 5.07. The van der Waals surface area contributed by atoms with Gasteiger partial charge in [0.15, 0.2) is 0 Å². The molecule has 0 amide bonds. The second-order valence-electron chi connectivity index (χ2n) is 1.34. The van der Waals surface area contributed by atoms with Crippen molar-refractivity contribution in [3.05, 3.63) is 12.2 Å². The monoisotopic (exact) mass is 296 g/mol. The molecule has 2 heteroatoms. The minimum atomic E-state index is 0.0355. The van der Waals surface area contributed by atoms with Crippen molar-refractivity contribution < 1.29 is 47.6 Å². The Kier molecular flexibility index (Phi) is 3.39. The van der Waals surface area contributed by atoms with Crippen LogP contribution in [0.2, 0.25) is 0 Å². The van der Waals surface area contributed by atoms with Gasteiger partial charge in [-0.1, -0.05) is 0 Å². The van der Waals surface area contributed by atoms with E-state index in [0.717, 1.165) is 5.57 Å². The molecule has 0 unspecified atom stereocenters. The molecule has 0 saturated carbocycles. The number of carbonyl (C=O) groups excluding carboxylic acids is 1. The summed E-state index contributed by atoms with van der Waals surface area (Å²) in [5.74, 6) is 0. The summed E-state index contributed by atoms with van der Waals surface area (Å²) in [4.78, 5) is 10.1. The molecule has 0 aliphatic rings. The summed E-state index contributed by atoms with van der Waals surface area (Å²) in [6.45, 7) is 5.22. The van der Waals surface area contributed by atoms with Gasteiger partial charge in [0, 0.05) is 0 Å². The van der Waals surface area contributed by atoms with Crippen LogP contribution < -0.4 is 0 Å². The summed E-state index contributed by atoms with van der Waals surface area (Å²) in [5, 5.41) is 0. The van der Waals surface area contributed by atoms with Gasteiger partial charge in [0.05, 0.1) is 0 Å². The predicted octanol–water partition coefficient (Wildman–Crippen LogP) is 0.371. The molecule has 0 aliphatic heterocycles. The van der Waals surface area contributed by atoms with Crippen LogP contribution >= 0.6 is 0 Å². The maximum absolute atomic E-state index is 10.1. The van der Waals surface area contributed by atoms with Crippen molar-refractivity contribution in [1.82, 2.24) is 0 Å². The van der Waals surface area contributed by atoms with Crippen molar-refractivity contribution in [2.75, 3.05) is 0 Å². The molecule has 0 aromatic rings. The van der Waals surface area contributed by atoms with E-state index in [9.17, 15) is 4.79 Å². The third kappa shape index (κ3) is 3.08. The molecule has 0 heterocycles. The first-order valence-electron chi connectivity index (χ1n) is 1.81. The standard InChI is InChI=1S/C4H5O.Ra.H/c1-4(2)3-5;;/h1H2,2H3;;. The van der Waals surface area contributed by atoms with Crippen LogP contribution in [0.25, 0.3) is 0 Å². The van der Waals surface area contributed by atoms with E-state index in [1.807, 2.05) is 0 Å². The molecule has 0 aromatic heterocycles. The van der Waals surface area contributed by atoms with Gasteiger partial charge in [0.1, 0.15) is 0 Å². The Bertz CT molecular complexity index is 73.5. The quantitative estimate of drug-likeness (QED) is 0.639. The van der Waals surface area contributed by atoms with E-state index in [0.29, 0.717) is 0.824 Å². The Morgan fingerprint density at radius 3 is 2.00 bits per heavy atom. The van der Waals surface area contributed by atoms with Crippen molar-refractivity contribution in [2.24, 2.45) is 0 Å². The summed E-state index contributed by atoms with van der Waals surface area (Å²) < 4.78 is 0.294. The van der Waals surface area contributed by atoms with Crippen LogP contribution in [0, 0.1) is 42.8 Å². The summed E-state index contributed by atoms with van der Waals surface area (Å²) in [6, 6.07) is 0. The first kappa shape index (κ1) is 6.88. The van der Waals surface area contributed by atoms with Crippen molar-refractivity contribution in [2.45, 2.75) is 6.92 Å². The molecule has 0 aliphatic carbocycles. The van der Waals surface area contributed by atoms with E-state index in [-0.39, 0.29) is 42.8 Å². The van der Waals surface area contributed by atoms with E-state index < -0.39 is 0 Å². The molecule has 30 valence electrons. The molecule has 0 aromatic carbocycles. The number of hydrogen-bond acceptors (Lipinski definition) is 1. The van der Waals surface area contributed by atoms with Crippen LogP contribution in [0.4, 0.5) is 0 Å². The second kappa shape index (κ2) is 2.96. The summed E-state index contributed by atoms with van der Waals surface area (Å²) >= 11 is 0.0355. The number of carbonyl (C=O) groups is 1. The van der Waals surface area contributed by atoms with E-state index in [4.69, 9.17) is 0 Å². The van der Waals surface area contributed by atoms with Crippen molar-refractivity contribution in [3.8, 4) is 0 Å². The van der Waals surface area contributed by atoms with Gasteiger partial charge < -0.3 is 0 Å². The average molecular weight is 296 g/mol. The predicted molar refractivity (Wildman–Crippen MR) is 21.2 cm³/mol. The summed E-state index contributed by atoms with van der Waals surface area (Å²) in [5.41, 5.74) is 0.722. The average Bonchev–Trinajstić information content (AvgIpc) is 1.36. The first-order chi connectivity index (χ1) is 2.64. The minimum absolute atomic E-state index is 0.0355. The molecule has 0 N–H and O–H groups in total. The van der Waals surface area contributed by atoms with Gasteiger partial charge in [-0.05, 0) is 0 Å². The Morgan fingerprint density at radius 1 is 1.83 bits per heavy atom. The van der Waals surface area contributed by atoms with Gasteiger partial charge in [0.25, 0.3) is 0 Å². The van der Waals surface area contributed by atoms with Crippen LogP contribution in [-0.4, -0.2) is 0.824 Å². The van der Waals surface area contributed by atoms with E-state index in [2.05, 4.69) is 6.58 Å². The Morgan fingerprint density at radius 2 is 2.00 bits per heavy atom. The van der Waals surface area contributed by atoms with Gasteiger partial charge in [-0.2, -0.15) is 0 Å². The van der Waals surface area contributed by atoms with Gasteiger partial charge in [-0.3, -0.25) is 0 Å². The van der Waals surface area contributed by atoms with Gasteiger partial charge in [0.2, 0.25) is 0 Å².